The molecule has 1 N–H and O–H groups in total. The Morgan fingerprint density at radius 2 is 1.62 bits per heavy atom. The minimum absolute atomic E-state index is 0.0000379. The van der Waals surface area contributed by atoms with Gasteiger partial charge in [-0.1, -0.05) is 18.9 Å². The zero-order chi connectivity index (χ0) is 22.6. The van der Waals surface area contributed by atoms with Crippen molar-refractivity contribution in [3.8, 4) is 0 Å². The minimum atomic E-state index is -3.53. The minimum Gasteiger partial charge on any atom is -0.356 e. The van der Waals surface area contributed by atoms with E-state index in [1.165, 1.54) is 9.87 Å². The second-order valence-corrected chi connectivity index (χ2v) is 11.2. The molecule has 1 aliphatic carbocycles. The highest BCUT2D eigenvalue weighted by atomic mass is 32.2. The second kappa shape index (κ2) is 10.3. The van der Waals surface area contributed by atoms with Crippen LogP contribution in [0.5, 0.6) is 0 Å². The van der Waals surface area contributed by atoms with E-state index in [2.05, 4.69) is 5.32 Å². The standard InChI is InChI=1S/C24H35N3O4S/c28-23-12-15-26(14-4-2-1-3-13-25-23)24(29)20-10-16-27(17-11-20)32(30,31)22-9-8-19-6-5-7-21(19)18-22/h8-9,18,20H,1-7,10-17H2,(H,25,28). The highest BCUT2D eigenvalue weighted by Crippen LogP contribution is 2.29. The molecular weight excluding hydrogens is 426 g/mol. The van der Waals surface area contributed by atoms with Gasteiger partial charge in [0.2, 0.25) is 21.8 Å². The molecule has 7 nitrogen and oxygen atoms in total. The fraction of sp³-hybridized carbons (Fsp3) is 0.667. The number of rotatable bonds is 3. The fourth-order valence-corrected chi connectivity index (χ4v) is 6.65. The van der Waals surface area contributed by atoms with E-state index in [-0.39, 0.29) is 17.7 Å². The third-order valence-corrected chi connectivity index (χ3v) is 9.00. The number of aryl methyl sites for hydroxylation is 2. The third kappa shape index (κ3) is 5.34. The SMILES string of the molecule is O=C1CCN(C(=O)C2CCN(S(=O)(=O)c3ccc4c(c3)CCC4)CC2)CCCCCCN1. The summed E-state index contributed by atoms with van der Waals surface area (Å²) in [6.45, 7) is 2.57. The first-order valence-electron chi connectivity index (χ1n) is 12.1. The molecule has 1 aromatic carbocycles. The summed E-state index contributed by atoms with van der Waals surface area (Å²) in [6.07, 6.45) is 8.50. The Morgan fingerprint density at radius 1 is 0.875 bits per heavy atom. The topological polar surface area (TPSA) is 86.8 Å². The van der Waals surface area contributed by atoms with Gasteiger partial charge in [-0.2, -0.15) is 4.31 Å². The zero-order valence-electron chi connectivity index (χ0n) is 18.9. The molecule has 0 unspecified atom stereocenters. The molecule has 0 atom stereocenters. The van der Waals surface area contributed by atoms with Crippen molar-refractivity contribution in [1.82, 2.24) is 14.5 Å². The summed E-state index contributed by atoms with van der Waals surface area (Å²) in [6, 6.07) is 5.53. The van der Waals surface area contributed by atoms with Crippen molar-refractivity contribution in [3.63, 3.8) is 0 Å². The number of carbonyl (C=O) groups excluding carboxylic acids is 2. The molecule has 2 fully saturated rings. The molecule has 1 aromatic rings. The predicted octanol–water partition coefficient (Wildman–Crippen LogP) is 2.48. The number of nitrogens with one attached hydrogen (secondary N) is 1. The average molecular weight is 462 g/mol. The number of fused-ring (bicyclic) bond motifs is 1. The maximum atomic E-state index is 13.2. The number of nitrogens with zero attached hydrogens (tertiary/aromatic N) is 2. The van der Waals surface area contributed by atoms with E-state index >= 15 is 0 Å². The van der Waals surface area contributed by atoms with Crippen molar-refractivity contribution in [2.45, 2.75) is 69.1 Å². The predicted molar refractivity (Wildman–Crippen MR) is 123 cm³/mol. The van der Waals surface area contributed by atoms with Crippen LogP contribution >= 0.6 is 0 Å². The van der Waals surface area contributed by atoms with E-state index in [9.17, 15) is 18.0 Å². The molecule has 0 aromatic heterocycles. The summed E-state index contributed by atoms with van der Waals surface area (Å²) in [5.74, 6) is -0.0961. The lowest BCUT2D eigenvalue weighted by molar-refractivity contribution is -0.137. The van der Waals surface area contributed by atoms with E-state index in [0.29, 0.717) is 56.9 Å². The molecule has 176 valence electrons. The Balaban J connectivity index is 1.36. The van der Waals surface area contributed by atoms with Crippen LogP contribution in [0.2, 0.25) is 0 Å². The van der Waals surface area contributed by atoms with Crippen molar-refractivity contribution in [2.24, 2.45) is 5.92 Å². The van der Waals surface area contributed by atoms with Gasteiger partial charge in [-0.15, -0.1) is 0 Å². The molecule has 0 radical (unpaired) electrons. The Labute approximate surface area is 191 Å². The van der Waals surface area contributed by atoms with Gasteiger partial charge >= 0.3 is 0 Å². The highest BCUT2D eigenvalue weighted by Gasteiger charge is 2.34. The van der Waals surface area contributed by atoms with Crippen LogP contribution in [0.15, 0.2) is 23.1 Å². The zero-order valence-corrected chi connectivity index (χ0v) is 19.7. The first kappa shape index (κ1) is 23.2. The number of hydrogen-bond donors (Lipinski definition) is 1. The summed E-state index contributed by atoms with van der Waals surface area (Å²) < 4.78 is 27.9. The molecule has 3 aliphatic rings. The van der Waals surface area contributed by atoms with Crippen LogP contribution in [0.3, 0.4) is 0 Å². The van der Waals surface area contributed by atoms with Gasteiger partial charge < -0.3 is 10.2 Å². The summed E-state index contributed by atoms with van der Waals surface area (Å²) in [5.41, 5.74) is 2.41. The maximum Gasteiger partial charge on any atom is 0.243 e. The number of benzene rings is 1. The van der Waals surface area contributed by atoms with Crippen LogP contribution in [0.25, 0.3) is 0 Å². The fourth-order valence-electron chi connectivity index (χ4n) is 5.13. The van der Waals surface area contributed by atoms with E-state index in [0.717, 1.165) is 50.5 Å². The van der Waals surface area contributed by atoms with Crippen LogP contribution in [0, 0.1) is 5.92 Å². The van der Waals surface area contributed by atoms with E-state index in [1.54, 1.807) is 6.07 Å². The van der Waals surface area contributed by atoms with Gasteiger partial charge in [0.15, 0.2) is 0 Å². The van der Waals surface area contributed by atoms with E-state index in [1.807, 2.05) is 17.0 Å². The Kier molecular flexibility index (Phi) is 7.51. The van der Waals surface area contributed by atoms with Crippen LogP contribution in [0.4, 0.5) is 0 Å². The first-order chi connectivity index (χ1) is 15.4. The summed E-state index contributed by atoms with van der Waals surface area (Å²) in [7, 11) is -3.53. The summed E-state index contributed by atoms with van der Waals surface area (Å²) >= 11 is 0. The number of sulfonamides is 1. The molecule has 2 saturated heterocycles. The molecule has 0 bridgehead atoms. The van der Waals surface area contributed by atoms with Crippen molar-refractivity contribution < 1.29 is 18.0 Å². The van der Waals surface area contributed by atoms with Crippen LogP contribution in [-0.4, -0.2) is 62.2 Å². The van der Waals surface area contributed by atoms with Gasteiger partial charge in [0, 0.05) is 45.1 Å². The third-order valence-electron chi connectivity index (χ3n) is 7.11. The van der Waals surface area contributed by atoms with Crippen LogP contribution in [-0.2, 0) is 32.5 Å². The molecule has 0 saturated carbocycles. The lowest BCUT2D eigenvalue weighted by atomic mass is 9.96. The number of amides is 2. The maximum absolute atomic E-state index is 13.2. The second-order valence-electron chi connectivity index (χ2n) is 9.30. The van der Waals surface area contributed by atoms with Crippen molar-refractivity contribution in [1.29, 1.82) is 0 Å². The smallest absolute Gasteiger partial charge is 0.243 e. The summed E-state index contributed by atoms with van der Waals surface area (Å²) in [5, 5.41) is 2.92. The van der Waals surface area contributed by atoms with Gasteiger partial charge in [-0.3, -0.25) is 9.59 Å². The Hall–Kier alpha value is -1.93. The van der Waals surface area contributed by atoms with E-state index in [4.69, 9.17) is 0 Å². The van der Waals surface area contributed by atoms with E-state index < -0.39 is 10.0 Å². The molecule has 2 aliphatic heterocycles. The quantitative estimate of drug-likeness (QED) is 0.749. The van der Waals surface area contributed by atoms with Crippen LogP contribution in [0.1, 0.15) is 62.5 Å². The number of piperidine rings is 1. The van der Waals surface area contributed by atoms with Crippen molar-refractivity contribution in [2.75, 3.05) is 32.7 Å². The Bertz CT molecular complexity index is 939. The molecule has 2 heterocycles. The Morgan fingerprint density at radius 3 is 2.44 bits per heavy atom. The average Bonchev–Trinajstić information content (AvgIpc) is 3.26. The van der Waals surface area contributed by atoms with Crippen molar-refractivity contribution in [3.05, 3.63) is 29.3 Å². The van der Waals surface area contributed by atoms with Gasteiger partial charge in [0.05, 0.1) is 4.90 Å². The van der Waals surface area contributed by atoms with Gasteiger partial charge in [-0.05, 0) is 68.2 Å². The lowest BCUT2D eigenvalue weighted by Crippen LogP contribution is -2.45. The van der Waals surface area contributed by atoms with Crippen molar-refractivity contribution >= 4 is 21.8 Å². The molecule has 4 rings (SSSR count). The first-order valence-corrected chi connectivity index (χ1v) is 13.6. The number of hydrogen-bond acceptors (Lipinski definition) is 4. The summed E-state index contributed by atoms with van der Waals surface area (Å²) in [4.78, 5) is 27.4. The van der Waals surface area contributed by atoms with Crippen LogP contribution < -0.4 is 5.32 Å². The number of carbonyl (C=O) groups is 2. The monoisotopic (exact) mass is 461 g/mol. The largest absolute Gasteiger partial charge is 0.356 e. The lowest BCUT2D eigenvalue weighted by Gasteiger charge is -2.33. The molecular formula is C24H35N3O4S. The normalized spacial score (nSPS) is 22.1. The molecule has 8 heteroatoms. The van der Waals surface area contributed by atoms with Gasteiger partial charge in [-0.25, -0.2) is 8.42 Å². The highest BCUT2D eigenvalue weighted by molar-refractivity contribution is 7.89. The molecule has 0 spiro atoms. The van der Waals surface area contributed by atoms with Gasteiger partial charge in [0.1, 0.15) is 0 Å². The molecule has 2 amide bonds. The molecule has 32 heavy (non-hydrogen) atoms. The van der Waals surface area contributed by atoms with Gasteiger partial charge in [0.25, 0.3) is 0 Å².